The summed E-state index contributed by atoms with van der Waals surface area (Å²) in [4.78, 5) is 29.4. The average Bonchev–Trinajstić information content (AvgIpc) is 2.62. The zero-order valence-corrected chi connectivity index (χ0v) is 14.3. The first-order valence-electron chi connectivity index (χ1n) is 7.73. The highest BCUT2D eigenvalue weighted by molar-refractivity contribution is 6.30. The number of carbonyl (C=O) groups is 1. The summed E-state index contributed by atoms with van der Waals surface area (Å²) in [5, 5.41) is 3.39. The zero-order valence-electron chi connectivity index (χ0n) is 13.6. The maximum absolute atomic E-state index is 12.7. The summed E-state index contributed by atoms with van der Waals surface area (Å²) >= 11 is 5.84. The quantitative estimate of drug-likeness (QED) is 0.783. The molecular formula is C19H16ClN3O2. The first-order valence-corrected chi connectivity index (χ1v) is 8.11. The van der Waals surface area contributed by atoms with E-state index < -0.39 is 11.5 Å². The highest BCUT2D eigenvalue weighted by atomic mass is 35.5. The summed E-state index contributed by atoms with van der Waals surface area (Å²) in [6.45, 7) is 2.11. The molecular weight excluding hydrogens is 338 g/mol. The average molecular weight is 354 g/mol. The van der Waals surface area contributed by atoms with Crippen molar-refractivity contribution in [1.29, 1.82) is 0 Å². The van der Waals surface area contributed by atoms with Crippen LogP contribution >= 0.6 is 11.6 Å². The van der Waals surface area contributed by atoms with Crippen molar-refractivity contribution >= 4 is 17.5 Å². The number of pyridine rings is 2. The molecule has 0 bridgehead atoms. The van der Waals surface area contributed by atoms with Crippen molar-refractivity contribution in [2.75, 3.05) is 0 Å². The topological polar surface area (TPSA) is 64.0 Å². The summed E-state index contributed by atoms with van der Waals surface area (Å²) in [7, 11) is 0. The van der Waals surface area contributed by atoms with E-state index in [-0.39, 0.29) is 5.56 Å². The second kappa shape index (κ2) is 7.32. The minimum absolute atomic E-state index is 0.0743. The number of aryl methyl sites for hydroxylation is 1. The van der Waals surface area contributed by atoms with E-state index in [1.54, 1.807) is 49.5 Å². The number of hydrogen-bond acceptors (Lipinski definition) is 3. The minimum Gasteiger partial charge on any atom is -0.348 e. The van der Waals surface area contributed by atoms with Crippen molar-refractivity contribution in [3.8, 4) is 5.82 Å². The molecule has 0 aliphatic carbocycles. The molecule has 3 aromatic rings. The Morgan fingerprint density at radius 3 is 2.56 bits per heavy atom. The van der Waals surface area contributed by atoms with Gasteiger partial charge in [0.1, 0.15) is 11.4 Å². The largest absolute Gasteiger partial charge is 0.348 e. The summed E-state index contributed by atoms with van der Waals surface area (Å²) in [5.41, 5.74) is 1.28. The second-order valence-corrected chi connectivity index (χ2v) is 5.96. The Bertz CT molecular complexity index is 951. The van der Waals surface area contributed by atoms with Crippen molar-refractivity contribution in [2.24, 2.45) is 0 Å². The van der Waals surface area contributed by atoms with Crippen molar-refractivity contribution in [3.05, 3.63) is 93.0 Å². The minimum atomic E-state index is -0.426. The number of amides is 1. The molecule has 0 radical (unpaired) electrons. The van der Waals surface area contributed by atoms with Gasteiger partial charge in [0.25, 0.3) is 11.5 Å². The van der Waals surface area contributed by atoms with E-state index in [2.05, 4.69) is 10.3 Å². The Labute approximate surface area is 149 Å². The molecule has 1 aromatic carbocycles. The molecule has 126 valence electrons. The third-order valence-corrected chi connectivity index (χ3v) is 4.02. The molecule has 0 saturated heterocycles. The molecule has 0 atom stereocenters. The fraction of sp³-hybridized carbons (Fsp3) is 0.105. The van der Waals surface area contributed by atoms with Crippen molar-refractivity contribution in [1.82, 2.24) is 14.9 Å². The molecule has 0 spiro atoms. The van der Waals surface area contributed by atoms with Crippen LogP contribution in [0.3, 0.4) is 0 Å². The highest BCUT2D eigenvalue weighted by Gasteiger charge is 2.15. The van der Waals surface area contributed by atoms with Crippen LogP contribution in [0.4, 0.5) is 0 Å². The van der Waals surface area contributed by atoms with Gasteiger partial charge in [0, 0.05) is 23.5 Å². The van der Waals surface area contributed by atoms with E-state index >= 15 is 0 Å². The highest BCUT2D eigenvalue weighted by Crippen LogP contribution is 2.10. The molecule has 0 aliphatic rings. The second-order valence-electron chi connectivity index (χ2n) is 5.53. The van der Waals surface area contributed by atoms with Gasteiger partial charge in [-0.15, -0.1) is 0 Å². The lowest BCUT2D eigenvalue weighted by molar-refractivity contribution is 0.0949. The summed E-state index contributed by atoms with van der Waals surface area (Å²) < 4.78 is 1.43. The first kappa shape index (κ1) is 16.9. The van der Waals surface area contributed by atoms with Gasteiger partial charge < -0.3 is 5.32 Å². The molecule has 3 rings (SSSR count). The number of nitrogens with one attached hydrogen (secondary N) is 1. The molecule has 0 unspecified atom stereocenters. The molecule has 1 N–H and O–H groups in total. The van der Waals surface area contributed by atoms with Gasteiger partial charge in [0.05, 0.1) is 0 Å². The van der Waals surface area contributed by atoms with E-state index in [1.807, 2.05) is 12.1 Å². The van der Waals surface area contributed by atoms with Crippen LogP contribution in [0.5, 0.6) is 0 Å². The van der Waals surface area contributed by atoms with E-state index in [4.69, 9.17) is 11.6 Å². The van der Waals surface area contributed by atoms with Crippen LogP contribution in [-0.4, -0.2) is 15.5 Å². The lowest BCUT2D eigenvalue weighted by Gasteiger charge is -2.11. The van der Waals surface area contributed by atoms with Gasteiger partial charge in [-0.05, 0) is 48.9 Å². The Morgan fingerprint density at radius 2 is 1.88 bits per heavy atom. The predicted octanol–water partition coefficient (Wildman–Crippen LogP) is 3.12. The van der Waals surface area contributed by atoms with Crippen LogP contribution < -0.4 is 10.9 Å². The summed E-state index contributed by atoms with van der Waals surface area (Å²) in [5.74, 6) is 0.0574. The Balaban J connectivity index is 1.86. The van der Waals surface area contributed by atoms with Crippen LogP contribution in [0.15, 0.2) is 65.6 Å². The molecule has 5 nitrogen and oxygen atoms in total. The number of rotatable bonds is 4. The van der Waals surface area contributed by atoms with Crippen LogP contribution in [0.2, 0.25) is 5.02 Å². The number of aromatic nitrogens is 2. The van der Waals surface area contributed by atoms with Gasteiger partial charge in [-0.25, -0.2) is 4.98 Å². The summed E-state index contributed by atoms with van der Waals surface area (Å²) in [6.07, 6.45) is 1.61. The predicted molar refractivity (Wildman–Crippen MR) is 97.2 cm³/mol. The number of nitrogens with zero attached hydrogens (tertiary/aromatic N) is 2. The monoisotopic (exact) mass is 353 g/mol. The van der Waals surface area contributed by atoms with Gasteiger partial charge in [0.2, 0.25) is 0 Å². The SMILES string of the molecule is Cc1ccc(C(=O)NCc2ccc(Cl)cc2)c(=O)n1-c1ccccn1. The van der Waals surface area contributed by atoms with E-state index in [0.29, 0.717) is 23.1 Å². The van der Waals surface area contributed by atoms with Crippen molar-refractivity contribution < 1.29 is 4.79 Å². The smallest absolute Gasteiger partial charge is 0.269 e. The van der Waals surface area contributed by atoms with E-state index in [1.165, 1.54) is 10.6 Å². The lowest BCUT2D eigenvalue weighted by atomic mass is 10.2. The third kappa shape index (κ3) is 3.78. The molecule has 0 aliphatic heterocycles. The van der Waals surface area contributed by atoms with E-state index in [9.17, 15) is 9.59 Å². The fourth-order valence-electron chi connectivity index (χ4n) is 2.45. The molecule has 6 heteroatoms. The normalized spacial score (nSPS) is 10.5. The number of hydrogen-bond donors (Lipinski definition) is 1. The number of carbonyl (C=O) groups excluding carboxylic acids is 1. The molecule has 25 heavy (non-hydrogen) atoms. The number of halogens is 1. The van der Waals surface area contributed by atoms with E-state index in [0.717, 1.165) is 5.56 Å². The van der Waals surface area contributed by atoms with Crippen LogP contribution in [0.1, 0.15) is 21.6 Å². The standard InChI is InChI=1S/C19H16ClN3O2/c1-13-5-10-16(19(25)23(13)17-4-2-3-11-21-17)18(24)22-12-14-6-8-15(20)9-7-14/h2-11H,12H2,1H3,(H,22,24). The van der Waals surface area contributed by atoms with Crippen LogP contribution in [-0.2, 0) is 6.54 Å². The van der Waals surface area contributed by atoms with Gasteiger partial charge >= 0.3 is 0 Å². The van der Waals surface area contributed by atoms with Gasteiger partial charge in [0.15, 0.2) is 0 Å². The number of benzene rings is 1. The Kier molecular flexibility index (Phi) is 4.95. The third-order valence-electron chi connectivity index (χ3n) is 3.77. The van der Waals surface area contributed by atoms with Crippen LogP contribution in [0.25, 0.3) is 5.82 Å². The van der Waals surface area contributed by atoms with Gasteiger partial charge in [-0.2, -0.15) is 0 Å². The maximum Gasteiger partial charge on any atom is 0.269 e. The molecule has 0 fully saturated rings. The van der Waals surface area contributed by atoms with Crippen molar-refractivity contribution in [3.63, 3.8) is 0 Å². The zero-order chi connectivity index (χ0) is 17.8. The molecule has 2 aromatic heterocycles. The Morgan fingerprint density at radius 1 is 1.12 bits per heavy atom. The fourth-order valence-corrected chi connectivity index (χ4v) is 2.58. The van der Waals surface area contributed by atoms with Gasteiger partial charge in [-0.1, -0.05) is 29.8 Å². The van der Waals surface area contributed by atoms with Crippen molar-refractivity contribution in [2.45, 2.75) is 13.5 Å². The van der Waals surface area contributed by atoms with Gasteiger partial charge in [-0.3, -0.25) is 14.2 Å². The first-order chi connectivity index (χ1) is 12.1. The Hall–Kier alpha value is -2.92. The van der Waals surface area contributed by atoms with Crippen LogP contribution in [0, 0.1) is 6.92 Å². The summed E-state index contributed by atoms with van der Waals surface area (Å²) in [6, 6.07) is 15.7. The molecule has 0 saturated carbocycles. The maximum atomic E-state index is 12.7. The molecule has 2 heterocycles. The molecule has 1 amide bonds. The lowest BCUT2D eigenvalue weighted by Crippen LogP contribution is -2.33.